The van der Waals surface area contributed by atoms with Gasteiger partial charge in [-0.1, -0.05) is 29.4 Å². The number of hydrogen-bond donors (Lipinski definition) is 1. The van der Waals surface area contributed by atoms with Gasteiger partial charge in [-0.15, -0.1) is 0 Å². The Morgan fingerprint density at radius 3 is 2.57 bits per heavy atom. The third-order valence-corrected chi connectivity index (χ3v) is 3.88. The zero-order valence-corrected chi connectivity index (χ0v) is 14.9. The molecule has 152 valence electrons. The monoisotopic (exact) mass is 416 g/mol. The smallest absolute Gasteiger partial charge is 0.444 e. The summed E-state index contributed by atoms with van der Waals surface area (Å²) in [6, 6.07) is 7.53. The molecule has 3 aromatic heterocycles. The number of carbonyl (C=O) groups excluding carboxylic acids is 1. The van der Waals surface area contributed by atoms with E-state index >= 15 is 0 Å². The molecule has 0 aliphatic carbocycles. The number of carbonyl (C=O) groups is 1. The Labute approximate surface area is 165 Å². The van der Waals surface area contributed by atoms with Gasteiger partial charge in [-0.05, 0) is 5.39 Å². The van der Waals surface area contributed by atoms with Gasteiger partial charge in [0.2, 0.25) is 11.6 Å². The van der Waals surface area contributed by atoms with Crippen LogP contribution in [0.1, 0.15) is 11.5 Å². The molecule has 0 saturated carbocycles. The van der Waals surface area contributed by atoms with Crippen molar-refractivity contribution < 1.29 is 27.2 Å². The first-order valence-electron chi connectivity index (χ1n) is 8.39. The standard InChI is InChI=1S/C18H11F3N6O3/c19-18(20,21)16-26-15(27-30-16)14-23-7-12(8-24-14)25-17(28)29-9-11-6-22-5-10-3-1-2-4-13(10)11/h1-8H,9H2,(H,25,28). The molecule has 30 heavy (non-hydrogen) atoms. The van der Waals surface area contributed by atoms with E-state index in [0.29, 0.717) is 0 Å². The highest BCUT2D eigenvalue weighted by Crippen LogP contribution is 2.28. The van der Waals surface area contributed by atoms with Crippen molar-refractivity contribution in [1.82, 2.24) is 25.1 Å². The van der Waals surface area contributed by atoms with E-state index in [1.165, 1.54) is 12.4 Å². The second-order valence-corrected chi connectivity index (χ2v) is 5.94. The number of halogens is 3. The lowest BCUT2D eigenvalue weighted by Gasteiger charge is -2.08. The van der Waals surface area contributed by atoms with Crippen LogP contribution in [0.2, 0.25) is 0 Å². The number of anilines is 1. The van der Waals surface area contributed by atoms with E-state index in [2.05, 4.69) is 34.9 Å². The second-order valence-electron chi connectivity index (χ2n) is 5.94. The van der Waals surface area contributed by atoms with Crippen LogP contribution in [0.15, 0.2) is 53.6 Å². The maximum atomic E-state index is 12.5. The Morgan fingerprint density at radius 1 is 1.07 bits per heavy atom. The molecular formula is C18H11F3N6O3. The molecule has 0 aliphatic rings. The quantitative estimate of drug-likeness (QED) is 0.533. The van der Waals surface area contributed by atoms with E-state index < -0.39 is 24.0 Å². The first-order valence-corrected chi connectivity index (χ1v) is 8.39. The predicted molar refractivity (Wildman–Crippen MR) is 95.9 cm³/mol. The number of nitrogens with zero attached hydrogens (tertiary/aromatic N) is 5. The number of amides is 1. The molecular weight excluding hydrogens is 405 g/mol. The van der Waals surface area contributed by atoms with Gasteiger partial charge in [0.25, 0.3) is 0 Å². The van der Waals surface area contributed by atoms with Crippen LogP contribution in [0.3, 0.4) is 0 Å². The average molecular weight is 416 g/mol. The van der Waals surface area contributed by atoms with Crippen LogP contribution in [0.5, 0.6) is 0 Å². The van der Waals surface area contributed by atoms with Crippen LogP contribution in [-0.4, -0.2) is 31.2 Å². The molecule has 12 heteroatoms. The topological polar surface area (TPSA) is 116 Å². The van der Waals surface area contributed by atoms with Gasteiger partial charge in [-0.3, -0.25) is 10.3 Å². The molecule has 4 aromatic rings. The summed E-state index contributed by atoms with van der Waals surface area (Å²) in [6.45, 7) is -0.0117. The summed E-state index contributed by atoms with van der Waals surface area (Å²) in [7, 11) is 0. The van der Waals surface area contributed by atoms with Crippen molar-refractivity contribution in [1.29, 1.82) is 0 Å². The zero-order valence-electron chi connectivity index (χ0n) is 14.9. The van der Waals surface area contributed by atoms with Crippen LogP contribution in [0.4, 0.5) is 23.7 Å². The van der Waals surface area contributed by atoms with E-state index in [4.69, 9.17) is 4.74 Å². The van der Waals surface area contributed by atoms with Crippen molar-refractivity contribution in [3.8, 4) is 11.6 Å². The molecule has 1 N–H and O–H groups in total. The maximum Gasteiger partial charge on any atom is 0.471 e. The number of ether oxygens (including phenoxy) is 1. The molecule has 0 unspecified atom stereocenters. The lowest BCUT2D eigenvalue weighted by molar-refractivity contribution is -0.159. The van der Waals surface area contributed by atoms with Gasteiger partial charge in [-0.25, -0.2) is 14.8 Å². The van der Waals surface area contributed by atoms with E-state index in [-0.39, 0.29) is 18.1 Å². The fourth-order valence-corrected chi connectivity index (χ4v) is 2.53. The van der Waals surface area contributed by atoms with Crippen molar-refractivity contribution in [2.45, 2.75) is 12.8 Å². The minimum absolute atomic E-state index is 0.0117. The number of aromatic nitrogens is 5. The Morgan fingerprint density at radius 2 is 1.83 bits per heavy atom. The molecule has 0 aliphatic heterocycles. The molecule has 1 aromatic carbocycles. The summed E-state index contributed by atoms with van der Waals surface area (Å²) >= 11 is 0. The largest absolute Gasteiger partial charge is 0.471 e. The molecule has 0 atom stereocenters. The lowest BCUT2D eigenvalue weighted by Crippen LogP contribution is -2.14. The molecule has 0 fully saturated rings. The number of fused-ring (bicyclic) bond motifs is 1. The Bertz CT molecular complexity index is 1190. The summed E-state index contributed by atoms with van der Waals surface area (Å²) in [5, 5.41) is 7.42. The van der Waals surface area contributed by atoms with Crippen LogP contribution in [0.25, 0.3) is 22.4 Å². The highest BCUT2D eigenvalue weighted by Gasteiger charge is 2.38. The van der Waals surface area contributed by atoms with E-state index in [0.717, 1.165) is 16.3 Å². The Hall–Kier alpha value is -4.09. The minimum Gasteiger partial charge on any atom is -0.444 e. The number of pyridine rings is 1. The van der Waals surface area contributed by atoms with Gasteiger partial charge in [0.1, 0.15) is 6.61 Å². The summed E-state index contributed by atoms with van der Waals surface area (Å²) in [6.07, 6.45) is 0.126. The zero-order chi connectivity index (χ0) is 21.1. The number of nitrogens with one attached hydrogen (secondary N) is 1. The molecule has 9 nitrogen and oxygen atoms in total. The minimum atomic E-state index is -4.77. The first kappa shape index (κ1) is 19.2. The van der Waals surface area contributed by atoms with Gasteiger partial charge in [0.15, 0.2) is 0 Å². The number of alkyl halides is 3. The van der Waals surface area contributed by atoms with Gasteiger partial charge in [0.05, 0.1) is 18.1 Å². The van der Waals surface area contributed by atoms with E-state index in [1.807, 2.05) is 24.3 Å². The maximum absolute atomic E-state index is 12.5. The van der Waals surface area contributed by atoms with Crippen LogP contribution < -0.4 is 5.32 Å². The summed E-state index contributed by atoms with van der Waals surface area (Å²) < 4.78 is 46.8. The summed E-state index contributed by atoms with van der Waals surface area (Å²) in [5.74, 6) is -2.13. The van der Waals surface area contributed by atoms with Crippen molar-refractivity contribution in [2.24, 2.45) is 0 Å². The van der Waals surface area contributed by atoms with Crippen molar-refractivity contribution in [3.63, 3.8) is 0 Å². The number of hydrogen-bond acceptors (Lipinski definition) is 8. The summed E-state index contributed by atoms with van der Waals surface area (Å²) in [4.78, 5) is 26.9. The summed E-state index contributed by atoms with van der Waals surface area (Å²) in [5.41, 5.74) is 0.895. The van der Waals surface area contributed by atoms with E-state index in [1.54, 1.807) is 12.4 Å². The molecule has 0 saturated heterocycles. The molecule has 4 rings (SSSR count). The fraction of sp³-hybridized carbons (Fsp3) is 0.111. The van der Waals surface area contributed by atoms with E-state index in [9.17, 15) is 18.0 Å². The predicted octanol–water partition coefficient (Wildman–Crippen LogP) is 3.84. The van der Waals surface area contributed by atoms with Crippen molar-refractivity contribution in [2.75, 3.05) is 5.32 Å². The van der Waals surface area contributed by atoms with Crippen molar-refractivity contribution in [3.05, 3.63) is 60.5 Å². The molecule has 3 heterocycles. The van der Waals surface area contributed by atoms with Crippen LogP contribution in [-0.2, 0) is 17.5 Å². The third-order valence-electron chi connectivity index (χ3n) is 3.88. The molecule has 0 spiro atoms. The fourth-order valence-electron chi connectivity index (χ4n) is 2.53. The molecule has 0 radical (unpaired) electrons. The average Bonchev–Trinajstić information content (AvgIpc) is 3.24. The van der Waals surface area contributed by atoms with Gasteiger partial charge >= 0.3 is 18.2 Å². The molecule has 1 amide bonds. The molecule has 0 bridgehead atoms. The van der Waals surface area contributed by atoms with Gasteiger partial charge < -0.3 is 9.26 Å². The SMILES string of the molecule is O=C(Nc1cnc(-c2noc(C(F)(F)F)n2)nc1)OCc1cncc2ccccc12. The second kappa shape index (κ2) is 7.73. The van der Waals surface area contributed by atoms with Gasteiger partial charge in [0, 0.05) is 23.3 Å². The van der Waals surface area contributed by atoms with Crippen LogP contribution >= 0.6 is 0 Å². The third kappa shape index (κ3) is 4.16. The normalized spacial score (nSPS) is 11.4. The van der Waals surface area contributed by atoms with Gasteiger partial charge in [-0.2, -0.15) is 18.2 Å². The highest BCUT2D eigenvalue weighted by molar-refractivity contribution is 5.86. The van der Waals surface area contributed by atoms with Crippen LogP contribution in [0, 0.1) is 0 Å². The number of benzene rings is 1. The van der Waals surface area contributed by atoms with Crippen molar-refractivity contribution >= 4 is 22.6 Å². The Kier molecular flexibility index (Phi) is 4.96. The Balaban J connectivity index is 1.38. The highest BCUT2D eigenvalue weighted by atomic mass is 19.4. The number of rotatable bonds is 4. The lowest BCUT2D eigenvalue weighted by atomic mass is 10.1. The first-order chi connectivity index (χ1) is 14.4.